The van der Waals surface area contributed by atoms with Gasteiger partial charge in [-0.1, -0.05) is 24.3 Å². The Morgan fingerprint density at radius 2 is 1.41 bits per heavy atom. The highest BCUT2D eigenvalue weighted by atomic mass is 16.5. The fraction of sp³-hybridized carbons (Fsp3) is 0.160. The predicted molar refractivity (Wildman–Crippen MR) is 117 cm³/mol. The van der Waals surface area contributed by atoms with Gasteiger partial charge in [-0.2, -0.15) is 0 Å². The molecule has 0 amide bonds. The average molecular weight is 387 g/mol. The van der Waals surface area contributed by atoms with Gasteiger partial charge in [0.05, 0.1) is 19.1 Å². The number of ether oxygens (including phenoxy) is 3. The quantitative estimate of drug-likeness (QED) is 0.279. The number of nitrogens with zero attached hydrogens (tertiary/aromatic N) is 1. The highest BCUT2D eigenvalue weighted by Crippen LogP contribution is 2.21. The van der Waals surface area contributed by atoms with E-state index >= 15 is 0 Å². The van der Waals surface area contributed by atoms with Gasteiger partial charge in [-0.15, -0.1) is 0 Å². The van der Waals surface area contributed by atoms with Crippen LogP contribution in [-0.2, 0) is 0 Å². The maximum Gasteiger partial charge on any atom is 0.225 e. The molecule has 0 bridgehead atoms. The van der Waals surface area contributed by atoms with Crippen LogP contribution < -0.4 is 14.2 Å². The zero-order valence-corrected chi connectivity index (χ0v) is 17.2. The number of hydrogen-bond donors (Lipinski definition) is 0. The topological polar surface area (TPSA) is 40.0 Å². The van der Waals surface area contributed by atoms with Gasteiger partial charge in [-0.25, -0.2) is 4.99 Å². The zero-order chi connectivity index (χ0) is 20.6. The summed E-state index contributed by atoms with van der Waals surface area (Å²) in [4.78, 5) is 4.68. The van der Waals surface area contributed by atoms with Gasteiger partial charge in [-0.3, -0.25) is 0 Å². The second-order valence-electron chi connectivity index (χ2n) is 6.77. The smallest absolute Gasteiger partial charge is 0.225 e. The third kappa shape index (κ3) is 5.98. The fourth-order valence-corrected chi connectivity index (χ4v) is 2.78. The van der Waals surface area contributed by atoms with Crippen LogP contribution >= 0.6 is 0 Å². The van der Waals surface area contributed by atoms with Crippen LogP contribution in [0.3, 0.4) is 0 Å². The van der Waals surface area contributed by atoms with Crippen LogP contribution in [0.4, 0.5) is 5.69 Å². The van der Waals surface area contributed by atoms with Gasteiger partial charge in [-0.05, 0) is 80.4 Å². The van der Waals surface area contributed by atoms with E-state index in [1.807, 2.05) is 87.5 Å². The van der Waals surface area contributed by atoms with Crippen LogP contribution in [0, 0.1) is 13.8 Å². The summed E-state index contributed by atoms with van der Waals surface area (Å²) in [6.07, 6.45) is 1.65. The van der Waals surface area contributed by atoms with Crippen molar-refractivity contribution in [2.45, 2.75) is 20.8 Å². The van der Waals surface area contributed by atoms with Crippen molar-refractivity contribution in [2.75, 3.05) is 7.11 Å². The van der Waals surface area contributed by atoms with Crippen LogP contribution in [-0.4, -0.2) is 13.0 Å². The summed E-state index contributed by atoms with van der Waals surface area (Å²) >= 11 is 0. The second-order valence-corrected chi connectivity index (χ2v) is 6.77. The van der Waals surface area contributed by atoms with Crippen LogP contribution in [0.5, 0.6) is 17.2 Å². The molecule has 29 heavy (non-hydrogen) atoms. The number of para-hydroxylation sites is 1. The Morgan fingerprint density at radius 3 is 2.03 bits per heavy atom. The molecule has 0 aliphatic carbocycles. The number of rotatable bonds is 6. The molecule has 0 saturated heterocycles. The van der Waals surface area contributed by atoms with Gasteiger partial charge < -0.3 is 14.2 Å². The first-order valence-electron chi connectivity index (χ1n) is 9.41. The highest BCUT2D eigenvalue weighted by molar-refractivity contribution is 5.96. The first-order valence-corrected chi connectivity index (χ1v) is 9.41. The summed E-state index contributed by atoms with van der Waals surface area (Å²) in [5, 5.41) is 0. The van der Waals surface area contributed by atoms with Gasteiger partial charge >= 0.3 is 0 Å². The highest BCUT2D eigenvalue weighted by Gasteiger charge is 2.09. The lowest BCUT2D eigenvalue weighted by Crippen LogP contribution is -2.11. The molecule has 0 aliphatic heterocycles. The van der Waals surface area contributed by atoms with Crippen molar-refractivity contribution in [2.24, 2.45) is 4.99 Å². The molecule has 3 rings (SSSR count). The van der Waals surface area contributed by atoms with Crippen molar-refractivity contribution in [1.82, 2.24) is 0 Å². The maximum absolute atomic E-state index is 6.15. The molecule has 0 heterocycles. The van der Waals surface area contributed by atoms with Gasteiger partial charge in [0.25, 0.3) is 0 Å². The van der Waals surface area contributed by atoms with E-state index in [1.165, 1.54) is 0 Å². The number of aryl methyl sites for hydroxylation is 2. The molecule has 3 aromatic carbocycles. The summed E-state index contributed by atoms with van der Waals surface area (Å²) in [7, 11) is 1.64. The Kier molecular flexibility index (Phi) is 6.69. The number of benzene rings is 3. The Labute approximate surface area is 172 Å². The molecule has 3 aromatic rings. The molecular weight excluding hydrogens is 362 g/mol. The van der Waals surface area contributed by atoms with E-state index in [1.54, 1.807) is 13.4 Å². The number of methoxy groups -OCH3 is 1. The van der Waals surface area contributed by atoms with E-state index in [-0.39, 0.29) is 0 Å². The molecule has 0 spiro atoms. The molecule has 0 N–H and O–H groups in total. The van der Waals surface area contributed by atoms with Gasteiger partial charge in [0.2, 0.25) is 5.90 Å². The van der Waals surface area contributed by atoms with Gasteiger partial charge in [0, 0.05) is 5.57 Å². The molecule has 0 saturated carbocycles. The number of aliphatic imine (C=N–C) groups is 1. The van der Waals surface area contributed by atoms with E-state index in [0.717, 1.165) is 33.9 Å². The van der Waals surface area contributed by atoms with Gasteiger partial charge in [0.1, 0.15) is 17.2 Å². The lowest BCUT2D eigenvalue weighted by atomic mass is 10.1. The maximum atomic E-state index is 6.15. The van der Waals surface area contributed by atoms with Crippen LogP contribution in [0.25, 0.3) is 0 Å². The summed E-state index contributed by atoms with van der Waals surface area (Å²) < 4.78 is 17.1. The summed E-state index contributed by atoms with van der Waals surface area (Å²) in [6, 6.07) is 23.2. The standard InChI is InChI=1S/C25H25NO3/c1-18-14-19(2)16-24(15-18)29-25(26-21-8-6-5-7-9-21)20(3)17-28-23-12-10-22(27-4)11-13-23/h5-17H,1-4H3/b20-17+,26-25-. The summed E-state index contributed by atoms with van der Waals surface area (Å²) in [5.74, 6) is 2.71. The largest absolute Gasteiger partial charge is 0.497 e. The van der Waals surface area contributed by atoms with E-state index < -0.39 is 0 Å². The Balaban J connectivity index is 1.87. The lowest BCUT2D eigenvalue weighted by molar-refractivity contribution is 0.412. The molecule has 148 valence electrons. The van der Waals surface area contributed by atoms with Crippen molar-refractivity contribution in [3.63, 3.8) is 0 Å². The molecular formula is C25H25NO3. The van der Waals surface area contributed by atoms with Crippen molar-refractivity contribution in [3.05, 3.63) is 95.8 Å². The molecule has 0 aromatic heterocycles. The van der Waals surface area contributed by atoms with E-state index in [0.29, 0.717) is 11.6 Å². The molecule has 0 radical (unpaired) electrons. The Bertz CT molecular complexity index is 986. The van der Waals surface area contributed by atoms with Crippen molar-refractivity contribution >= 4 is 11.6 Å². The SMILES string of the molecule is COc1ccc(O/C=C(C)/C(=N/c2ccccc2)Oc2cc(C)cc(C)c2)cc1. The average Bonchev–Trinajstić information content (AvgIpc) is 2.72. The molecule has 0 fully saturated rings. The van der Waals surface area contributed by atoms with E-state index in [9.17, 15) is 0 Å². The lowest BCUT2D eigenvalue weighted by Gasteiger charge is -2.12. The summed E-state index contributed by atoms with van der Waals surface area (Å²) in [6.45, 7) is 6.00. The van der Waals surface area contributed by atoms with Crippen molar-refractivity contribution < 1.29 is 14.2 Å². The second kappa shape index (κ2) is 9.60. The predicted octanol–water partition coefficient (Wildman–Crippen LogP) is 6.40. The minimum absolute atomic E-state index is 0.481. The molecule has 4 heteroatoms. The zero-order valence-electron chi connectivity index (χ0n) is 17.2. The minimum Gasteiger partial charge on any atom is -0.497 e. The first-order chi connectivity index (χ1) is 14.0. The number of hydrogen-bond acceptors (Lipinski definition) is 4. The Morgan fingerprint density at radius 1 is 0.793 bits per heavy atom. The first kappa shape index (κ1) is 20.2. The summed E-state index contributed by atoms with van der Waals surface area (Å²) in [5.41, 5.74) is 3.85. The van der Waals surface area contributed by atoms with Crippen LogP contribution in [0.1, 0.15) is 18.1 Å². The Hall–Kier alpha value is -3.53. The van der Waals surface area contributed by atoms with Gasteiger partial charge in [0.15, 0.2) is 0 Å². The minimum atomic E-state index is 0.481. The van der Waals surface area contributed by atoms with E-state index in [2.05, 4.69) is 11.1 Å². The normalized spacial score (nSPS) is 11.9. The van der Waals surface area contributed by atoms with Crippen LogP contribution in [0.2, 0.25) is 0 Å². The molecule has 0 unspecified atom stereocenters. The molecule has 0 atom stereocenters. The van der Waals surface area contributed by atoms with Crippen LogP contribution in [0.15, 0.2) is 89.6 Å². The molecule has 0 aliphatic rings. The third-order valence-electron chi connectivity index (χ3n) is 4.17. The van der Waals surface area contributed by atoms with Crippen molar-refractivity contribution in [1.29, 1.82) is 0 Å². The van der Waals surface area contributed by atoms with E-state index in [4.69, 9.17) is 14.2 Å². The molecule has 4 nitrogen and oxygen atoms in total. The fourth-order valence-electron chi connectivity index (χ4n) is 2.78. The third-order valence-corrected chi connectivity index (χ3v) is 4.17. The van der Waals surface area contributed by atoms with Crippen molar-refractivity contribution in [3.8, 4) is 17.2 Å². The monoisotopic (exact) mass is 387 g/mol.